The number of fused-ring (bicyclic) bond motifs is 13. The van der Waals surface area contributed by atoms with E-state index in [4.69, 9.17) is 4.11 Å². The molecule has 3 aliphatic carbocycles. The van der Waals surface area contributed by atoms with E-state index in [0.29, 0.717) is 5.56 Å². The van der Waals surface area contributed by atoms with E-state index < -0.39 is 12.3 Å². The highest BCUT2D eigenvalue weighted by Gasteiger charge is 2.52. The van der Waals surface area contributed by atoms with Crippen LogP contribution in [0.15, 0.2) is 146 Å². The maximum atomic E-state index is 8.40. The number of anilines is 3. The topological polar surface area (TPSA) is 3.24 Å². The summed E-state index contributed by atoms with van der Waals surface area (Å²) in [5.74, 6) is 0. The van der Waals surface area contributed by atoms with Gasteiger partial charge in [-0.2, -0.15) is 0 Å². The molecule has 0 unspecified atom stereocenters. The van der Waals surface area contributed by atoms with E-state index >= 15 is 0 Å². The van der Waals surface area contributed by atoms with Crippen LogP contribution in [0.4, 0.5) is 17.1 Å². The van der Waals surface area contributed by atoms with Crippen LogP contribution in [0.5, 0.6) is 0 Å². The fourth-order valence-electron chi connectivity index (χ4n) is 10.2. The second-order valence-electron chi connectivity index (χ2n) is 18.8. The molecule has 10 rings (SSSR count). The third-order valence-electron chi connectivity index (χ3n) is 13.1. The van der Waals surface area contributed by atoms with Crippen molar-refractivity contribution in [3.8, 4) is 33.4 Å². The first-order valence-corrected chi connectivity index (χ1v) is 20.1. The molecule has 0 aromatic heterocycles. The van der Waals surface area contributed by atoms with E-state index in [9.17, 15) is 0 Å². The first-order valence-electron chi connectivity index (χ1n) is 21.6. The summed E-state index contributed by atoms with van der Waals surface area (Å²) in [6.07, 6.45) is 0. The summed E-state index contributed by atoms with van der Waals surface area (Å²) < 4.78 is 25.2. The Morgan fingerprint density at radius 2 is 0.893 bits per heavy atom. The van der Waals surface area contributed by atoms with Crippen molar-refractivity contribution in [3.63, 3.8) is 0 Å². The van der Waals surface area contributed by atoms with Crippen molar-refractivity contribution in [1.82, 2.24) is 0 Å². The molecule has 0 bridgehead atoms. The van der Waals surface area contributed by atoms with Crippen LogP contribution in [0.1, 0.15) is 110 Å². The highest BCUT2D eigenvalue weighted by molar-refractivity contribution is 5.97. The summed E-state index contributed by atoms with van der Waals surface area (Å²) in [7, 11) is 0. The van der Waals surface area contributed by atoms with Gasteiger partial charge in [0.15, 0.2) is 0 Å². The minimum absolute atomic E-state index is 0.0459. The van der Waals surface area contributed by atoms with Gasteiger partial charge in [0.05, 0.1) is 5.41 Å². The second kappa shape index (κ2) is 11.7. The lowest BCUT2D eigenvalue weighted by molar-refractivity contribution is 0.586. The van der Waals surface area contributed by atoms with Crippen LogP contribution in [-0.2, 0) is 21.7 Å². The fraction of sp³-hybridized carbons (Fsp3) is 0.236. The van der Waals surface area contributed by atoms with Gasteiger partial charge in [-0.25, -0.2) is 0 Å². The Hall–Kier alpha value is -5.66. The zero-order valence-corrected chi connectivity index (χ0v) is 33.8. The van der Waals surface area contributed by atoms with Crippen molar-refractivity contribution in [2.24, 2.45) is 0 Å². The molecule has 0 heterocycles. The van der Waals surface area contributed by atoms with Gasteiger partial charge in [-0.05, 0) is 138 Å². The van der Waals surface area contributed by atoms with Gasteiger partial charge in [0.2, 0.25) is 0 Å². The van der Waals surface area contributed by atoms with E-state index in [1.807, 2.05) is 18.2 Å². The summed E-state index contributed by atoms with van der Waals surface area (Å²) in [6, 6.07) is 53.3. The molecule has 0 fully saturated rings. The lowest BCUT2D eigenvalue weighted by Gasteiger charge is -2.34. The maximum absolute atomic E-state index is 8.40. The summed E-state index contributed by atoms with van der Waals surface area (Å²) in [4.78, 5) is 2.27. The standard InChI is InChI=1S/C55H51N/c1-34-15-14-16-37(29-34)56(38-24-28-47-45(32-38)41-18-10-12-19-46(41)54(47,8)9)39-23-27-44-40-17-11-13-20-48(40)55(51(44)33-39)49-30-35(52(2,3)4)21-25-42(49)43-26-22-36(31-50(43)55)53(5,6)7/h10-33H,1-9H3/i1D3. The van der Waals surface area contributed by atoms with E-state index in [1.165, 1.54) is 77.9 Å². The predicted molar refractivity (Wildman–Crippen MR) is 237 cm³/mol. The van der Waals surface area contributed by atoms with E-state index in [2.05, 4.69) is 182 Å². The summed E-state index contributed by atoms with van der Waals surface area (Å²) >= 11 is 0. The number of hydrogen-bond donors (Lipinski definition) is 0. The van der Waals surface area contributed by atoms with E-state index in [1.54, 1.807) is 6.07 Å². The van der Waals surface area contributed by atoms with Gasteiger partial charge < -0.3 is 4.90 Å². The van der Waals surface area contributed by atoms with Crippen LogP contribution >= 0.6 is 0 Å². The van der Waals surface area contributed by atoms with Gasteiger partial charge in [-0.1, -0.05) is 165 Å². The molecule has 0 saturated carbocycles. The van der Waals surface area contributed by atoms with E-state index in [0.717, 1.165) is 17.1 Å². The Labute approximate surface area is 337 Å². The summed E-state index contributed by atoms with van der Waals surface area (Å²) in [5.41, 5.74) is 20.2. The Bertz CT molecular complexity index is 2810. The van der Waals surface area contributed by atoms with Gasteiger partial charge in [0.25, 0.3) is 0 Å². The second-order valence-corrected chi connectivity index (χ2v) is 18.8. The molecule has 0 saturated heterocycles. The van der Waals surface area contributed by atoms with Crippen molar-refractivity contribution >= 4 is 17.1 Å². The van der Waals surface area contributed by atoms with Crippen LogP contribution < -0.4 is 4.90 Å². The Morgan fingerprint density at radius 3 is 1.52 bits per heavy atom. The van der Waals surface area contributed by atoms with Gasteiger partial charge in [0, 0.05) is 26.6 Å². The van der Waals surface area contributed by atoms with Gasteiger partial charge in [-0.15, -0.1) is 0 Å². The van der Waals surface area contributed by atoms with Crippen LogP contribution in [0, 0.1) is 6.85 Å². The van der Waals surface area contributed by atoms with E-state index in [-0.39, 0.29) is 16.2 Å². The number of benzene rings is 7. The van der Waals surface area contributed by atoms with Crippen molar-refractivity contribution in [2.45, 2.75) is 83.9 Å². The molecule has 0 N–H and O–H groups in total. The number of nitrogens with zero attached hydrogens (tertiary/aromatic N) is 1. The molecule has 56 heavy (non-hydrogen) atoms. The molecule has 7 aromatic rings. The number of hydrogen-bond acceptors (Lipinski definition) is 1. The molecule has 276 valence electrons. The molecular weight excluding hydrogens is 675 g/mol. The molecule has 3 aliphatic rings. The molecule has 1 nitrogen and oxygen atoms in total. The average Bonchev–Trinajstić information content (AvgIpc) is 3.75. The quantitative estimate of drug-likeness (QED) is 0.175. The number of aryl methyl sites for hydroxylation is 1. The molecule has 0 aliphatic heterocycles. The molecule has 1 spiro atoms. The highest BCUT2D eigenvalue weighted by Crippen LogP contribution is 2.64. The normalized spacial score (nSPS) is 16.2. The first kappa shape index (κ1) is 31.5. The summed E-state index contributed by atoms with van der Waals surface area (Å²) in [6.45, 7) is 16.2. The first-order chi connectivity index (χ1) is 27.9. The zero-order chi connectivity index (χ0) is 41.4. The van der Waals surface area contributed by atoms with Gasteiger partial charge >= 0.3 is 0 Å². The third kappa shape index (κ3) is 4.79. The third-order valence-corrected chi connectivity index (χ3v) is 13.1. The van der Waals surface area contributed by atoms with Crippen LogP contribution in [0.2, 0.25) is 0 Å². The Balaban J connectivity index is 1.28. The van der Waals surface area contributed by atoms with Gasteiger partial charge in [-0.3, -0.25) is 0 Å². The molecule has 0 amide bonds. The highest BCUT2D eigenvalue weighted by atomic mass is 15.1. The van der Waals surface area contributed by atoms with Crippen LogP contribution in [-0.4, -0.2) is 0 Å². The fourth-order valence-corrected chi connectivity index (χ4v) is 10.2. The lowest BCUT2D eigenvalue weighted by Crippen LogP contribution is -2.27. The summed E-state index contributed by atoms with van der Waals surface area (Å²) in [5, 5.41) is 0. The van der Waals surface area contributed by atoms with Crippen molar-refractivity contribution in [3.05, 3.63) is 196 Å². The Kier molecular flexibility index (Phi) is 6.58. The lowest BCUT2D eigenvalue weighted by atomic mass is 9.68. The predicted octanol–water partition coefficient (Wildman–Crippen LogP) is 14.7. The number of rotatable bonds is 3. The largest absolute Gasteiger partial charge is 0.310 e. The Morgan fingerprint density at radius 1 is 0.411 bits per heavy atom. The minimum Gasteiger partial charge on any atom is -0.310 e. The zero-order valence-electron chi connectivity index (χ0n) is 36.8. The van der Waals surface area contributed by atoms with Crippen molar-refractivity contribution in [1.29, 1.82) is 0 Å². The molecule has 0 radical (unpaired) electrons. The molecule has 0 atom stereocenters. The molecular formula is C55H51N. The molecule has 7 aromatic carbocycles. The minimum atomic E-state index is -2.25. The van der Waals surface area contributed by atoms with Crippen molar-refractivity contribution < 1.29 is 4.11 Å². The van der Waals surface area contributed by atoms with Crippen molar-refractivity contribution in [2.75, 3.05) is 4.90 Å². The average molecular weight is 729 g/mol. The van der Waals surface area contributed by atoms with Crippen LogP contribution in [0.25, 0.3) is 33.4 Å². The SMILES string of the molecule is [2H]C([2H])([2H])c1cccc(N(c2ccc3c(c2)-c2ccccc2C3(C)C)c2ccc3c(c2)C2(c4ccccc4-3)c3cc(C(C)(C)C)ccc3-c3ccc(C(C)(C)C)cc32)c1. The maximum Gasteiger partial charge on any atom is 0.0726 e. The monoisotopic (exact) mass is 728 g/mol. The smallest absolute Gasteiger partial charge is 0.0726 e. The van der Waals surface area contributed by atoms with Gasteiger partial charge in [0.1, 0.15) is 0 Å². The molecule has 1 heteroatoms. The van der Waals surface area contributed by atoms with Crippen LogP contribution in [0.3, 0.4) is 0 Å².